The average Bonchev–Trinajstić information content (AvgIpc) is 2.72. The largest absolute Gasteiger partial charge is 0.311 e. The maximum Gasteiger partial charge on any atom is 0.0139 e. The molecule has 0 aromatic rings. The minimum atomic E-state index is 0.723. The zero-order valence-electron chi connectivity index (χ0n) is 9.04. The monoisotopic (exact) mass is 211 g/mol. The van der Waals surface area contributed by atoms with Crippen LogP contribution in [0.4, 0.5) is 0 Å². The maximum atomic E-state index is 3.78. The zero-order valence-corrected chi connectivity index (χ0v) is 9.85. The van der Waals surface area contributed by atoms with Crippen LogP contribution in [0.5, 0.6) is 0 Å². The van der Waals surface area contributed by atoms with E-state index in [1.807, 2.05) is 0 Å². The van der Waals surface area contributed by atoms with Crippen LogP contribution < -0.4 is 5.32 Å². The molecular weight excluding hydrogens is 190 g/mol. The van der Waals surface area contributed by atoms with E-state index < -0.39 is 0 Å². The van der Waals surface area contributed by atoms with Gasteiger partial charge < -0.3 is 5.32 Å². The smallest absolute Gasteiger partial charge is 0.0139 e. The van der Waals surface area contributed by atoms with Crippen molar-refractivity contribution >= 4 is 11.8 Å². The van der Waals surface area contributed by atoms with E-state index >= 15 is 0 Å². The van der Waals surface area contributed by atoms with Crippen LogP contribution in [0.1, 0.15) is 32.6 Å². The van der Waals surface area contributed by atoms with Gasteiger partial charge in [-0.2, -0.15) is 11.8 Å². The van der Waals surface area contributed by atoms with E-state index in [-0.39, 0.29) is 0 Å². The van der Waals surface area contributed by atoms with Gasteiger partial charge in [-0.15, -0.1) is 0 Å². The number of rotatable bonds is 3. The lowest BCUT2D eigenvalue weighted by Crippen LogP contribution is -2.41. The molecule has 0 amide bonds. The van der Waals surface area contributed by atoms with Gasteiger partial charge in [-0.05, 0) is 50.0 Å². The lowest BCUT2D eigenvalue weighted by atomic mass is 9.94. The summed E-state index contributed by atoms with van der Waals surface area (Å²) < 4.78 is 0. The predicted octanol–water partition coefficient (Wildman–Crippen LogP) is 2.83. The molecule has 1 fully saturated rings. The van der Waals surface area contributed by atoms with Crippen molar-refractivity contribution in [1.82, 2.24) is 5.32 Å². The Morgan fingerprint density at radius 2 is 1.86 bits per heavy atom. The van der Waals surface area contributed by atoms with E-state index in [2.05, 4.69) is 36.2 Å². The van der Waals surface area contributed by atoms with Crippen molar-refractivity contribution in [3.63, 3.8) is 0 Å². The van der Waals surface area contributed by atoms with Crippen molar-refractivity contribution in [2.24, 2.45) is 5.92 Å². The fraction of sp³-hybridized carbons (Fsp3) is 0.833. The second-order valence-corrected chi connectivity index (χ2v) is 5.77. The summed E-state index contributed by atoms with van der Waals surface area (Å²) in [4.78, 5) is 0. The van der Waals surface area contributed by atoms with Gasteiger partial charge in [-0.25, -0.2) is 0 Å². The molecule has 1 aliphatic carbocycles. The second-order valence-electron chi connectivity index (χ2n) is 4.54. The van der Waals surface area contributed by atoms with Gasteiger partial charge in [-0.3, -0.25) is 0 Å². The Hall–Kier alpha value is 0.0500. The first-order chi connectivity index (χ1) is 6.86. The van der Waals surface area contributed by atoms with Crippen molar-refractivity contribution in [2.75, 3.05) is 11.5 Å². The number of nitrogens with one attached hydrogen (secondary N) is 1. The van der Waals surface area contributed by atoms with Crippen molar-refractivity contribution in [2.45, 2.75) is 44.7 Å². The molecule has 0 aromatic heterocycles. The zero-order chi connectivity index (χ0) is 9.80. The van der Waals surface area contributed by atoms with Gasteiger partial charge in [0.25, 0.3) is 0 Å². The van der Waals surface area contributed by atoms with Crippen molar-refractivity contribution in [1.29, 1.82) is 0 Å². The van der Waals surface area contributed by atoms with E-state index in [4.69, 9.17) is 0 Å². The van der Waals surface area contributed by atoms with Crippen molar-refractivity contribution in [3.05, 3.63) is 12.2 Å². The Balaban J connectivity index is 1.73. The summed E-state index contributed by atoms with van der Waals surface area (Å²) in [5, 5.41) is 3.78. The Morgan fingerprint density at radius 3 is 2.50 bits per heavy atom. The van der Waals surface area contributed by atoms with Crippen LogP contribution in [0.3, 0.4) is 0 Å². The molecule has 1 heterocycles. The Bertz CT molecular complexity index is 188. The van der Waals surface area contributed by atoms with E-state index in [9.17, 15) is 0 Å². The number of hydrogen-bond acceptors (Lipinski definition) is 2. The molecule has 2 aliphatic rings. The van der Waals surface area contributed by atoms with Gasteiger partial charge in [0.05, 0.1) is 0 Å². The van der Waals surface area contributed by atoms with Crippen LogP contribution in [-0.2, 0) is 0 Å². The second kappa shape index (κ2) is 5.22. The quantitative estimate of drug-likeness (QED) is 0.720. The van der Waals surface area contributed by atoms with Crippen LogP contribution in [0.2, 0.25) is 0 Å². The average molecular weight is 211 g/mol. The molecule has 0 aromatic carbocycles. The van der Waals surface area contributed by atoms with Crippen molar-refractivity contribution < 1.29 is 0 Å². The van der Waals surface area contributed by atoms with Crippen molar-refractivity contribution in [3.8, 4) is 0 Å². The third-order valence-corrected chi connectivity index (χ3v) is 4.53. The lowest BCUT2D eigenvalue weighted by Gasteiger charge is -2.30. The van der Waals surface area contributed by atoms with Crippen LogP contribution in [-0.4, -0.2) is 23.6 Å². The highest BCUT2D eigenvalue weighted by Gasteiger charge is 2.22. The molecule has 1 aliphatic heterocycles. The molecule has 1 nitrogen and oxygen atoms in total. The summed E-state index contributed by atoms with van der Waals surface area (Å²) >= 11 is 2.12. The highest BCUT2D eigenvalue weighted by molar-refractivity contribution is 7.99. The summed E-state index contributed by atoms with van der Waals surface area (Å²) in [6, 6.07) is 1.46. The minimum Gasteiger partial charge on any atom is -0.311 e. The van der Waals surface area contributed by atoms with Gasteiger partial charge >= 0.3 is 0 Å². The predicted molar refractivity (Wildman–Crippen MR) is 64.8 cm³/mol. The fourth-order valence-corrected chi connectivity index (χ4v) is 3.62. The first-order valence-electron chi connectivity index (χ1n) is 5.85. The van der Waals surface area contributed by atoms with Gasteiger partial charge in [0.15, 0.2) is 0 Å². The van der Waals surface area contributed by atoms with E-state index in [0.29, 0.717) is 0 Å². The maximum absolute atomic E-state index is 3.78. The number of hydrogen-bond donors (Lipinski definition) is 1. The molecule has 1 N–H and O–H groups in total. The normalized spacial score (nSPS) is 26.9. The molecule has 0 spiro atoms. The first kappa shape index (κ1) is 10.6. The van der Waals surface area contributed by atoms with Gasteiger partial charge in [0.2, 0.25) is 0 Å². The van der Waals surface area contributed by atoms with Crippen LogP contribution in [0.15, 0.2) is 12.2 Å². The molecule has 1 unspecified atom stereocenters. The summed E-state index contributed by atoms with van der Waals surface area (Å²) in [5.41, 5.74) is 0. The van der Waals surface area contributed by atoms with Gasteiger partial charge in [-0.1, -0.05) is 12.2 Å². The molecular formula is C12H21NS. The van der Waals surface area contributed by atoms with Crippen LogP contribution in [0, 0.1) is 5.92 Å². The van der Waals surface area contributed by atoms with Gasteiger partial charge in [0.1, 0.15) is 0 Å². The van der Waals surface area contributed by atoms with E-state index in [1.54, 1.807) is 0 Å². The summed E-state index contributed by atoms with van der Waals surface area (Å²) in [6.07, 6.45) is 9.93. The van der Waals surface area contributed by atoms with Crippen LogP contribution >= 0.6 is 11.8 Å². The SMILES string of the molecule is CC(NC1CC=CC1)C1CCSCC1. The number of thioether (sulfide) groups is 1. The first-order valence-corrected chi connectivity index (χ1v) is 7.00. The molecule has 0 saturated carbocycles. The third-order valence-electron chi connectivity index (χ3n) is 3.48. The highest BCUT2D eigenvalue weighted by atomic mass is 32.2. The molecule has 2 rings (SSSR count). The summed E-state index contributed by atoms with van der Waals surface area (Å²) in [5.74, 6) is 3.68. The highest BCUT2D eigenvalue weighted by Crippen LogP contribution is 2.26. The Morgan fingerprint density at radius 1 is 1.21 bits per heavy atom. The molecule has 80 valence electrons. The lowest BCUT2D eigenvalue weighted by molar-refractivity contribution is 0.324. The topological polar surface area (TPSA) is 12.0 Å². The fourth-order valence-electron chi connectivity index (χ4n) is 2.48. The standard InChI is InChI=1S/C12H21NS/c1-10(11-6-8-14-9-7-11)13-12-4-2-3-5-12/h2-3,10-13H,4-9H2,1H3. The van der Waals surface area contributed by atoms with E-state index in [0.717, 1.165) is 18.0 Å². The van der Waals surface area contributed by atoms with Gasteiger partial charge in [0, 0.05) is 12.1 Å². The minimum absolute atomic E-state index is 0.723. The molecule has 0 bridgehead atoms. The Kier molecular flexibility index (Phi) is 3.94. The molecule has 2 heteroatoms. The van der Waals surface area contributed by atoms with Crippen LogP contribution in [0.25, 0.3) is 0 Å². The van der Waals surface area contributed by atoms with E-state index in [1.165, 1.54) is 37.2 Å². The summed E-state index contributed by atoms with van der Waals surface area (Å²) in [6.45, 7) is 2.37. The molecule has 0 radical (unpaired) electrons. The third kappa shape index (κ3) is 2.77. The summed E-state index contributed by atoms with van der Waals surface area (Å²) in [7, 11) is 0. The Labute approximate surface area is 91.7 Å². The molecule has 1 atom stereocenters. The molecule has 1 saturated heterocycles. The molecule has 14 heavy (non-hydrogen) atoms.